The summed E-state index contributed by atoms with van der Waals surface area (Å²) >= 11 is 17.0. The van der Waals surface area contributed by atoms with Crippen molar-refractivity contribution >= 4 is 50.5 Å². The molecule has 2 N–H and O–H groups in total. The first-order chi connectivity index (χ1) is 10.1. The largest absolute Gasteiger partial charge is 0.490 e. The summed E-state index contributed by atoms with van der Waals surface area (Å²) in [7, 11) is 0. The third-order valence-electron chi connectivity index (χ3n) is 3.22. The highest BCUT2D eigenvalue weighted by atomic mass is 79.9. The van der Waals surface area contributed by atoms with Crippen LogP contribution in [0.3, 0.4) is 0 Å². The van der Waals surface area contributed by atoms with Gasteiger partial charge in [0.05, 0.1) is 27.9 Å². The molecule has 0 fully saturated rings. The van der Waals surface area contributed by atoms with E-state index < -0.39 is 0 Å². The van der Waals surface area contributed by atoms with Gasteiger partial charge in [0.25, 0.3) is 0 Å². The smallest absolute Gasteiger partial charge is 0.162 e. The van der Waals surface area contributed by atoms with Crippen molar-refractivity contribution in [2.45, 2.75) is 12.5 Å². The molecule has 7 heteroatoms. The Hall–Kier alpha value is -0.460. The summed E-state index contributed by atoms with van der Waals surface area (Å²) in [6.07, 6.45) is 0.861. The monoisotopic (exact) mass is 407 g/mol. The van der Waals surface area contributed by atoms with Crippen molar-refractivity contribution in [3.63, 3.8) is 0 Å². The van der Waals surface area contributed by atoms with Crippen LogP contribution < -0.4 is 15.2 Å². The molecule has 1 aromatic carbocycles. The van der Waals surface area contributed by atoms with E-state index in [1.807, 2.05) is 12.1 Å². The van der Waals surface area contributed by atoms with E-state index in [-0.39, 0.29) is 6.04 Å². The van der Waals surface area contributed by atoms with Crippen molar-refractivity contribution in [2.75, 3.05) is 13.2 Å². The van der Waals surface area contributed by atoms with E-state index >= 15 is 0 Å². The van der Waals surface area contributed by atoms with Crippen molar-refractivity contribution in [2.24, 2.45) is 5.73 Å². The van der Waals surface area contributed by atoms with Crippen LogP contribution in [-0.2, 0) is 0 Å². The molecule has 0 saturated heterocycles. The number of ether oxygens (including phenoxy) is 2. The Labute approximate surface area is 145 Å². The van der Waals surface area contributed by atoms with E-state index in [4.69, 9.17) is 38.4 Å². The summed E-state index contributed by atoms with van der Waals surface area (Å²) in [6.45, 7) is 1.28. The van der Waals surface area contributed by atoms with Gasteiger partial charge >= 0.3 is 0 Å². The maximum absolute atomic E-state index is 6.34. The normalized spacial score (nSPS) is 15.6. The van der Waals surface area contributed by atoms with Crippen LogP contribution in [0.15, 0.2) is 22.7 Å². The molecule has 0 bridgehead atoms. The van der Waals surface area contributed by atoms with Crippen molar-refractivity contribution in [3.05, 3.63) is 42.5 Å². The Morgan fingerprint density at radius 3 is 2.38 bits per heavy atom. The maximum atomic E-state index is 6.34. The van der Waals surface area contributed by atoms with Gasteiger partial charge in [-0.05, 0) is 23.8 Å². The molecular weight excluding hydrogens is 397 g/mol. The zero-order chi connectivity index (χ0) is 15.0. The van der Waals surface area contributed by atoms with E-state index in [1.54, 1.807) is 6.07 Å². The summed E-state index contributed by atoms with van der Waals surface area (Å²) in [5.74, 6) is 1.43. The van der Waals surface area contributed by atoms with Crippen molar-refractivity contribution in [3.8, 4) is 11.5 Å². The first kappa shape index (κ1) is 15.4. The lowest BCUT2D eigenvalue weighted by Gasteiger charge is -2.16. The van der Waals surface area contributed by atoms with Crippen molar-refractivity contribution in [1.29, 1.82) is 0 Å². The van der Waals surface area contributed by atoms with E-state index in [2.05, 4.69) is 15.9 Å². The van der Waals surface area contributed by atoms with E-state index in [0.29, 0.717) is 27.6 Å². The van der Waals surface area contributed by atoms with Crippen LogP contribution in [0.1, 0.15) is 23.6 Å². The first-order valence-corrected chi connectivity index (χ1v) is 8.72. The molecule has 1 aliphatic rings. The van der Waals surface area contributed by atoms with Crippen LogP contribution in [-0.4, -0.2) is 13.2 Å². The number of thiophene rings is 1. The topological polar surface area (TPSA) is 44.5 Å². The number of hydrogen-bond donors (Lipinski definition) is 1. The molecule has 21 heavy (non-hydrogen) atoms. The molecule has 1 aromatic heterocycles. The summed E-state index contributed by atoms with van der Waals surface area (Å²) in [5, 5.41) is 0. The molecule has 0 aliphatic carbocycles. The minimum absolute atomic E-state index is 0.382. The SMILES string of the molecule is NC(c1cc2c(cc1Br)OCCCO2)c1cc(Cl)sc1Cl. The van der Waals surface area contributed by atoms with Gasteiger partial charge in [-0.1, -0.05) is 39.1 Å². The lowest BCUT2D eigenvalue weighted by atomic mass is 10.0. The standard InChI is InChI=1S/C14H12BrCl2NO2S/c15-9-6-11-10(19-2-1-3-20-11)4-7(9)13(18)8-5-12(16)21-14(8)17/h4-6,13H,1-3,18H2. The highest BCUT2D eigenvalue weighted by Gasteiger charge is 2.21. The van der Waals surface area contributed by atoms with E-state index in [9.17, 15) is 0 Å². The molecule has 2 aromatic rings. The fraction of sp³-hybridized carbons (Fsp3) is 0.286. The Morgan fingerprint density at radius 2 is 1.76 bits per heavy atom. The van der Waals surface area contributed by atoms with Crippen LogP contribution in [0.5, 0.6) is 11.5 Å². The minimum atomic E-state index is -0.382. The van der Waals surface area contributed by atoms with Gasteiger partial charge < -0.3 is 15.2 Å². The lowest BCUT2D eigenvalue weighted by molar-refractivity contribution is 0.297. The second-order valence-electron chi connectivity index (χ2n) is 4.63. The zero-order valence-corrected chi connectivity index (χ0v) is 14.8. The number of fused-ring (bicyclic) bond motifs is 1. The Kier molecular flexibility index (Phi) is 4.66. The van der Waals surface area contributed by atoms with Gasteiger partial charge in [-0.15, -0.1) is 11.3 Å². The molecule has 1 unspecified atom stereocenters. The third-order valence-corrected chi connectivity index (χ3v) is 5.42. The second-order valence-corrected chi connectivity index (χ2v) is 7.77. The van der Waals surface area contributed by atoms with E-state index in [1.165, 1.54) is 11.3 Å². The second kappa shape index (κ2) is 6.34. The Bertz CT molecular complexity index is 677. The minimum Gasteiger partial charge on any atom is -0.490 e. The highest BCUT2D eigenvalue weighted by molar-refractivity contribution is 9.10. The molecule has 3 rings (SSSR count). The Balaban J connectivity index is 2.02. The number of hydrogen-bond acceptors (Lipinski definition) is 4. The van der Waals surface area contributed by atoms with Gasteiger partial charge in [0.1, 0.15) is 0 Å². The first-order valence-electron chi connectivity index (χ1n) is 6.35. The highest BCUT2D eigenvalue weighted by Crippen LogP contribution is 2.42. The van der Waals surface area contributed by atoms with Gasteiger partial charge in [0.15, 0.2) is 11.5 Å². The molecule has 0 amide bonds. The quantitative estimate of drug-likeness (QED) is 0.757. The summed E-state index contributed by atoms with van der Waals surface area (Å²) in [4.78, 5) is 0. The molecule has 1 atom stereocenters. The number of halogens is 3. The van der Waals surface area contributed by atoms with Gasteiger partial charge in [-0.3, -0.25) is 0 Å². The van der Waals surface area contributed by atoms with Gasteiger partial charge in [-0.2, -0.15) is 0 Å². The molecule has 0 saturated carbocycles. The van der Waals surface area contributed by atoms with Crippen LogP contribution in [0.2, 0.25) is 8.67 Å². The number of nitrogens with two attached hydrogens (primary N) is 1. The zero-order valence-electron chi connectivity index (χ0n) is 10.9. The van der Waals surface area contributed by atoms with Gasteiger partial charge in [0.2, 0.25) is 0 Å². The summed E-state index contributed by atoms with van der Waals surface area (Å²) in [6, 6.07) is 5.21. The molecule has 2 heterocycles. The molecular formula is C14H12BrCl2NO2S. The molecule has 3 nitrogen and oxygen atoms in total. The number of benzene rings is 1. The average Bonchev–Trinajstić information content (AvgIpc) is 2.64. The third kappa shape index (κ3) is 3.17. The maximum Gasteiger partial charge on any atom is 0.162 e. The lowest BCUT2D eigenvalue weighted by Crippen LogP contribution is -2.12. The van der Waals surface area contributed by atoms with Crippen molar-refractivity contribution < 1.29 is 9.47 Å². The van der Waals surface area contributed by atoms with Crippen molar-refractivity contribution in [1.82, 2.24) is 0 Å². The van der Waals surface area contributed by atoms with Crippen LogP contribution >= 0.6 is 50.5 Å². The van der Waals surface area contributed by atoms with Gasteiger partial charge in [-0.25, -0.2) is 0 Å². The van der Waals surface area contributed by atoms with E-state index in [0.717, 1.165) is 27.8 Å². The average molecular weight is 409 g/mol. The fourth-order valence-corrected chi connectivity index (χ4v) is 4.29. The number of rotatable bonds is 2. The molecule has 1 aliphatic heterocycles. The molecule has 0 spiro atoms. The molecule has 0 radical (unpaired) electrons. The summed E-state index contributed by atoms with van der Waals surface area (Å²) < 4.78 is 13.4. The predicted octanol–water partition coefficient (Wildman–Crippen LogP) is 5.03. The van der Waals surface area contributed by atoms with Gasteiger partial charge in [0, 0.05) is 16.5 Å². The van der Waals surface area contributed by atoms with Crippen LogP contribution in [0.25, 0.3) is 0 Å². The molecule has 112 valence electrons. The van der Waals surface area contributed by atoms with Crippen LogP contribution in [0, 0.1) is 0 Å². The Morgan fingerprint density at radius 1 is 1.10 bits per heavy atom. The fourth-order valence-electron chi connectivity index (χ4n) is 2.17. The summed E-state index contributed by atoms with van der Waals surface area (Å²) in [5.41, 5.74) is 8.03. The van der Waals surface area contributed by atoms with Crippen LogP contribution in [0.4, 0.5) is 0 Å². The predicted molar refractivity (Wildman–Crippen MR) is 90.1 cm³/mol.